The summed E-state index contributed by atoms with van der Waals surface area (Å²) in [6, 6.07) is 0. The largest absolute Gasteiger partial charge is 0.309 e. The molecule has 0 saturated heterocycles. The highest BCUT2D eigenvalue weighted by Gasteiger charge is 2.21. The van der Waals surface area contributed by atoms with Crippen LogP contribution in [0.1, 0.15) is 20.8 Å². The van der Waals surface area contributed by atoms with Crippen molar-refractivity contribution in [2.24, 2.45) is 5.41 Å². The van der Waals surface area contributed by atoms with Crippen molar-refractivity contribution in [2.75, 3.05) is 32.9 Å². The number of sulfonamides is 1. The van der Waals surface area contributed by atoms with Crippen LogP contribution in [0.5, 0.6) is 0 Å². The van der Waals surface area contributed by atoms with Crippen molar-refractivity contribution >= 4 is 10.0 Å². The molecule has 0 heterocycles. The maximum atomic E-state index is 11.2. The molecule has 0 amide bonds. The average Bonchev–Trinajstić information content (AvgIpc) is 1.99. The highest BCUT2D eigenvalue weighted by atomic mass is 32.2. The summed E-state index contributed by atoms with van der Waals surface area (Å²) in [6.45, 7) is 7.08. The van der Waals surface area contributed by atoms with E-state index < -0.39 is 10.0 Å². The van der Waals surface area contributed by atoms with Crippen LogP contribution in [0.2, 0.25) is 0 Å². The molecule has 0 aliphatic heterocycles. The van der Waals surface area contributed by atoms with Crippen molar-refractivity contribution in [1.29, 1.82) is 0 Å². The molecule has 0 saturated carbocycles. The second-order valence-electron chi connectivity index (χ2n) is 4.63. The van der Waals surface area contributed by atoms with E-state index in [1.54, 1.807) is 6.92 Å². The van der Waals surface area contributed by atoms with Gasteiger partial charge in [0.15, 0.2) is 0 Å². The van der Waals surface area contributed by atoms with Gasteiger partial charge in [0.05, 0.1) is 5.75 Å². The van der Waals surface area contributed by atoms with Gasteiger partial charge in [0, 0.05) is 13.1 Å². The number of hydrogen-bond donors (Lipinski definition) is 1. The number of hydrogen-bond acceptors (Lipinski definition) is 3. The molecule has 5 heteroatoms. The van der Waals surface area contributed by atoms with E-state index in [-0.39, 0.29) is 11.2 Å². The Morgan fingerprint density at radius 2 is 1.79 bits per heavy atom. The van der Waals surface area contributed by atoms with Gasteiger partial charge in [0.2, 0.25) is 10.0 Å². The maximum absolute atomic E-state index is 11.2. The lowest BCUT2D eigenvalue weighted by Crippen LogP contribution is -2.40. The van der Waals surface area contributed by atoms with Gasteiger partial charge < -0.3 is 4.90 Å². The molecule has 0 aromatic rings. The van der Waals surface area contributed by atoms with Crippen molar-refractivity contribution < 1.29 is 8.42 Å². The van der Waals surface area contributed by atoms with Crippen LogP contribution < -0.4 is 4.72 Å². The molecule has 4 nitrogen and oxygen atoms in total. The zero-order valence-electron chi connectivity index (χ0n) is 9.79. The predicted octanol–water partition coefficient (Wildman–Crippen LogP) is 0.513. The number of nitrogens with zero attached hydrogens (tertiary/aromatic N) is 1. The van der Waals surface area contributed by atoms with Gasteiger partial charge >= 0.3 is 0 Å². The van der Waals surface area contributed by atoms with Crippen LogP contribution in [0.15, 0.2) is 0 Å². The van der Waals surface area contributed by atoms with Crippen LogP contribution in [0.25, 0.3) is 0 Å². The van der Waals surface area contributed by atoms with Crippen LogP contribution in [0.4, 0.5) is 0 Å². The molecule has 14 heavy (non-hydrogen) atoms. The van der Waals surface area contributed by atoms with E-state index in [1.165, 1.54) is 0 Å². The third kappa shape index (κ3) is 6.34. The average molecular weight is 222 g/mol. The Kier molecular flexibility index (Phi) is 5.05. The highest BCUT2D eigenvalue weighted by Crippen LogP contribution is 2.14. The van der Waals surface area contributed by atoms with Gasteiger partial charge in [0.1, 0.15) is 0 Å². The first kappa shape index (κ1) is 13.9. The van der Waals surface area contributed by atoms with E-state index in [0.29, 0.717) is 6.54 Å². The van der Waals surface area contributed by atoms with Crippen molar-refractivity contribution in [3.05, 3.63) is 0 Å². The third-order valence-electron chi connectivity index (χ3n) is 1.89. The first-order valence-corrected chi connectivity index (χ1v) is 6.46. The Bertz CT molecular complexity index is 258. The normalized spacial score (nSPS) is 13.6. The van der Waals surface area contributed by atoms with Crippen LogP contribution in [-0.2, 0) is 10.0 Å². The van der Waals surface area contributed by atoms with Crippen LogP contribution in [0, 0.1) is 5.41 Å². The Balaban J connectivity index is 4.12. The Hall–Kier alpha value is -0.130. The quantitative estimate of drug-likeness (QED) is 0.712. The van der Waals surface area contributed by atoms with E-state index in [0.717, 1.165) is 6.54 Å². The lowest BCUT2D eigenvalue weighted by atomic mass is 9.93. The van der Waals surface area contributed by atoms with Crippen LogP contribution in [0.3, 0.4) is 0 Å². The summed E-state index contributed by atoms with van der Waals surface area (Å²) in [6.07, 6.45) is 0. The first-order valence-electron chi connectivity index (χ1n) is 4.80. The molecule has 0 bridgehead atoms. The van der Waals surface area contributed by atoms with Gasteiger partial charge in [-0.15, -0.1) is 0 Å². The fraction of sp³-hybridized carbons (Fsp3) is 1.00. The molecule has 86 valence electrons. The van der Waals surface area contributed by atoms with Gasteiger partial charge in [-0.2, -0.15) is 0 Å². The van der Waals surface area contributed by atoms with Crippen molar-refractivity contribution in [2.45, 2.75) is 20.8 Å². The van der Waals surface area contributed by atoms with Gasteiger partial charge in [-0.05, 0) is 26.4 Å². The molecule has 0 atom stereocenters. The Morgan fingerprint density at radius 1 is 1.29 bits per heavy atom. The Morgan fingerprint density at radius 3 is 2.14 bits per heavy atom. The lowest BCUT2D eigenvalue weighted by molar-refractivity contribution is 0.242. The lowest BCUT2D eigenvalue weighted by Gasteiger charge is -2.28. The van der Waals surface area contributed by atoms with E-state index >= 15 is 0 Å². The summed E-state index contributed by atoms with van der Waals surface area (Å²) in [7, 11) is 0.907. The predicted molar refractivity (Wildman–Crippen MR) is 59.8 cm³/mol. The summed E-state index contributed by atoms with van der Waals surface area (Å²) in [5, 5.41) is 0. The van der Waals surface area contributed by atoms with Crippen molar-refractivity contribution in [3.8, 4) is 0 Å². The number of rotatable bonds is 6. The van der Waals surface area contributed by atoms with E-state index in [2.05, 4.69) is 9.62 Å². The van der Waals surface area contributed by atoms with Gasteiger partial charge in [-0.3, -0.25) is 0 Å². The fourth-order valence-electron chi connectivity index (χ4n) is 1.32. The van der Waals surface area contributed by atoms with E-state index in [1.807, 2.05) is 27.9 Å². The van der Waals surface area contributed by atoms with E-state index in [9.17, 15) is 8.42 Å². The molecular formula is C9H22N2O2S. The summed E-state index contributed by atoms with van der Waals surface area (Å²) in [4.78, 5) is 2.06. The monoisotopic (exact) mass is 222 g/mol. The minimum Gasteiger partial charge on any atom is -0.309 e. The van der Waals surface area contributed by atoms with Gasteiger partial charge in [-0.1, -0.05) is 13.8 Å². The molecular weight excluding hydrogens is 200 g/mol. The molecule has 0 unspecified atom stereocenters. The molecule has 0 spiro atoms. The minimum atomic E-state index is -3.06. The molecule has 0 fully saturated rings. The summed E-state index contributed by atoms with van der Waals surface area (Å²) >= 11 is 0. The summed E-state index contributed by atoms with van der Waals surface area (Å²) in [5.74, 6) is 0.144. The maximum Gasteiger partial charge on any atom is 0.211 e. The zero-order valence-corrected chi connectivity index (χ0v) is 10.6. The van der Waals surface area contributed by atoms with Gasteiger partial charge in [-0.25, -0.2) is 13.1 Å². The van der Waals surface area contributed by atoms with E-state index in [4.69, 9.17) is 0 Å². The minimum absolute atomic E-state index is 0.0360. The first-order chi connectivity index (χ1) is 6.18. The Labute approximate surface area is 87.7 Å². The summed E-state index contributed by atoms with van der Waals surface area (Å²) in [5.41, 5.74) is -0.0360. The molecule has 0 aromatic heterocycles. The zero-order chi connectivity index (χ0) is 11.4. The molecule has 0 aliphatic carbocycles. The molecule has 0 aliphatic rings. The second-order valence-corrected chi connectivity index (χ2v) is 6.72. The highest BCUT2D eigenvalue weighted by molar-refractivity contribution is 7.89. The summed E-state index contributed by atoms with van der Waals surface area (Å²) < 4.78 is 25.0. The van der Waals surface area contributed by atoms with Gasteiger partial charge in [0.25, 0.3) is 0 Å². The molecule has 1 N–H and O–H groups in total. The smallest absolute Gasteiger partial charge is 0.211 e. The third-order valence-corrected chi connectivity index (χ3v) is 3.24. The number of nitrogens with one attached hydrogen (secondary N) is 1. The fourth-order valence-corrected chi connectivity index (χ4v) is 2.13. The molecule has 0 radical (unpaired) electrons. The molecule has 0 aromatic carbocycles. The van der Waals surface area contributed by atoms with Crippen LogP contribution >= 0.6 is 0 Å². The van der Waals surface area contributed by atoms with Crippen molar-refractivity contribution in [3.63, 3.8) is 0 Å². The van der Waals surface area contributed by atoms with Crippen LogP contribution in [-0.4, -0.2) is 46.3 Å². The second kappa shape index (κ2) is 5.09. The standard InChI is InChI=1S/C9H22N2O2S/c1-6-14(12,13)10-7-9(2,3)8-11(4)5/h10H,6-8H2,1-5H3. The molecule has 0 rings (SSSR count). The SMILES string of the molecule is CCS(=O)(=O)NCC(C)(C)CN(C)C. The van der Waals surface area contributed by atoms with Crippen molar-refractivity contribution in [1.82, 2.24) is 9.62 Å². The topological polar surface area (TPSA) is 49.4 Å².